The second-order valence-corrected chi connectivity index (χ2v) is 6.37. The minimum absolute atomic E-state index is 0.185. The molecular weight excluding hydrogens is 300 g/mol. The fraction of sp³-hybridized carbons (Fsp3) is 0.400. The van der Waals surface area contributed by atoms with E-state index in [9.17, 15) is 4.79 Å². The third-order valence-corrected chi connectivity index (χ3v) is 4.75. The number of aromatic nitrogens is 1. The number of amides is 1. The lowest BCUT2D eigenvalue weighted by Crippen LogP contribution is -2.37. The Morgan fingerprint density at radius 2 is 1.92 bits per heavy atom. The van der Waals surface area contributed by atoms with Crippen LogP contribution in [0.5, 0.6) is 5.75 Å². The highest BCUT2D eigenvalue weighted by Gasteiger charge is 2.21. The van der Waals surface area contributed by atoms with Gasteiger partial charge in [-0.2, -0.15) is 0 Å². The largest absolute Gasteiger partial charge is 0.496 e. The molecule has 3 rings (SSSR count). The third kappa shape index (κ3) is 3.75. The van der Waals surface area contributed by atoms with Crippen molar-refractivity contribution in [3.05, 3.63) is 48.2 Å². The van der Waals surface area contributed by atoms with Gasteiger partial charge in [-0.1, -0.05) is 18.2 Å². The standard InChI is InChI=1S/C20H24N2O2/c1-15(23)22-12-10-16(11-13-22)14-17-6-5-8-19(21-17)18-7-3-4-9-20(18)24-2/h3-9,16H,10-14H2,1-2H3. The molecule has 1 aliphatic rings. The van der Waals surface area contributed by atoms with E-state index in [1.807, 2.05) is 35.2 Å². The van der Waals surface area contributed by atoms with Gasteiger partial charge in [-0.3, -0.25) is 9.78 Å². The number of para-hydroxylation sites is 1. The van der Waals surface area contributed by atoms with Gasteiger partial charge in [0.05, 0.1) is 12.8 Å². The van der Waals surface area contributed by atoms with Crippen LogP contribution >= 0.6 is 0 Å². The summed E-state index contributed by atoms with van der Waals surface area (Å²) in [6.45, 7) is 3.39. The van der Waals surface area contributed by atoms with E-state index in [-0.39, 0.29) is 5.91 Å². The first-order chi connectivity index (χ1) is 11.7. The van der Waals surface area contributed by atoms with Gasteiger partial charge in [0.15, 0.2) is 0 Å². The van der Waals surface area contributed by atoms with Crippen LogP contribution in [0.3, 0.4) is 0 Å². The van der Waals surface area contributed by atoms with Crippen molar-refractivity contribution in [1.29, 1.82) is 0 Å². The molecule has 1 amide bonds. The van der Waals surface area contributed by atoms with Crippen molar-refractivity contribution in [1.82, 2.24) is 9.88 Å². The quantitative estimate of drug-likeness (QED) is 0.863. The Labute approximate surface area is 143 Å². The van der Waals surface area contributed by atoms with Crippen molar-refractivity contribution in [2.24, 2.45) is 5.92 Å². The lowest BCUT2D eigenvalue weighted by molar-refractivity contribution is -0.130. The van der Waals surface area contributed by atoms with Crippen LogP contribution in [0.25, 0.3) is 11.3 Å². The fourth-order valence-electron chi connectivity index (χ4n) is 3.35. The Hall–Kier alpha value is -2.36. The number of ether oxygens (including phenoxy) is 1. The monoisotopic (exact) mass is 324 g/mol. The molecule has 2 aromatic rings. The number of benzene rings is 1. The summed E-state index contributed by atoms with van der Waals surface area (Å²) in [6.07, 6.45) is 3.08. The summed E-state index contributed by atoms with van der Waals surface area (Å²) in [5.74, 6) is 1.63. The minimum atomic E-state index is 0.185. The number of carbonyl (C=O) groups excluding carboxylic acids is 1. The van der Waals surface area contributed by atoms with Crippen molar-refractivity contribution < 1.29 is 9.53 Å². The molecule has 1 aromatic carbocycles. The predicted octanol–water partition coefficient (Wildman–Crippen LogP) is 3.56. The number of rotatable bonds is 4. The third-order valence-electron chi connectivity index (χ3n) is 4.75. The molecule has 0 spiro atoms. The van der Waals surface area contributed by atoms with Crippen molar-refractivity contribution in [2.45, 2.75) is 26.2 Å². The van der Waals surface area contributed by atoms with Crippen molar-refractivity contribution >= 4 is 5.91 Å². The number of methoxy groups -OCH3 is 1. The number of piperidine rings is 1. The second-order valence-electron chi connectivity index (χ2n) is 6.37. The maximum atomic E-state index is 11.4. The smallest absolute Gasteiger partial charge is 0.219 e. The molecule has 0 radical (unpaired) electrons. The zero-order valence-electron chi connectivity index (χ0n) is 14.4. The number of pyridine rings is 1. The average molecular weight is 324 g/mol. The van der Waals surface area contributed by atoms with E-state index in [1.54, 1.807) is 14.0 Å². The summed E-state index contributed by atoms with van der Waals surface area (Å²) in [5, 5.41) is 0. The molecule has 0 N–H and O–H groups in total. The highest BCUT2D eigenvalue weighted by Crippen LogP contribution is 2.29. The summed E-state index contributed by atoms with van der Waals surface area (Å²) < 4.78 is 5.45. The van der Waals surface area contributed by atoms with Gasteiger partial charge >= 0.3 is 0 Å². The molecule has 2 heterocycles. The van der Waals surface area contributed by atoms with Gasteiger partial charge in [0.2, 0.25) is 5.91 Å². The van der Waals surface area contributed by atoms with Gasteiger partial charge in [0.1, 0.15) is 5.75 Å². The van der Waals surface area contributed by atoms with Crippen LogP contribution in [0.1, 0.15) is 25.5 Å². The van der Waals surface area contributed by atoms with Gasteiger partial charge in [-0.15, -0.1) is 0 Å². The molecule has 24 heavy (non-hydrogen) atoms. The predicted molar refractivity (Wildman–Crippen MR) is 94.9 cm³/mol. The molecule has 4 nitrogen and oxygen atoms in total. The van der Waals surface area contributed by atoms with Crippen LogP contribution in [0.2, 0.25) is 0 Å². The Bertz CT molecular complexity index is 706. The normalized spacial score (nSPS) is 15.3. The van der Waals surface area contributed by atoms with E-state index < -0.39 is 0 Å². The van der Waals surface area contributed by atoms with Gasteiger partial charge in [-0.25, -0.2) is 0 Å². The number of likely N-dealkylation sites (tertiary alicyclic amines) is 1. The molecule has 1 aliphatic heterocycles. The van der Waals surface area contributed by atoms with Gasteiger partial charge in [0, 0.05) is 31.3 Å². The van der Waals surface area contributed by atoms with E-state index in [4.69, 9.17) is 9.72 Å². The number of hydrogen-bond donors (Lipinski definition) is 0. The molecular formula is C20H24N2O2. The molecule has 4 heteroatoms. The molecule has 1 aromatic heterocycles. The first kappa shape index (κ1) is 16.5. The lowest BCUT2D eigenvalue weighted by Gasteiger charge is -2.31. The highest BCUT2D eigenvalue weighted by atomic mass is 16.5. The molecule has 0 saturated carbocycles. The minimum Gasteiger partial charge on any atom is -0.496 e. The lowest BCUT2D eigenvalue weighted by atomic mass is 9.92. The molecule has 1 saturated heterocycles. The highest BCUT2D eigenvalue weighted by molar-refractivity contribution is 5.73. The summed E-state index contributed by atoms with van der Waals surface area (Å²) in [4.78, 5) is 18.2. The topological polar surface area (TPSA) is 42.4 Å². The Kier molecular flexibility index (Phi) is 5.14. The first-order valence-corrected chi connectivity index (χ1v) is 8.52. The Morgan fingerprint density at radius 1 is 1.17 bits per heavy atom. The first-order valence-electron chi connectivity index (χ1n) is 8.52. The average Bonchev–Trinajstić information content (AvgIpc) is 2.62. The van der Waals surface area contributed by atoms with E-state index in [0.29, 0.717) is 5.92 Å². The number of hydrogen-bond acceptors (Lipinski definition) is 3. The maximum absolute atomic E-state index is 11.4. The second kappa shape index (κ2) is 7.47. The molecule has 0 unspecified atom stereocenters. The van der Waals surface area contributed by atoms with Crippen LogP contribution in [-0.2, 0) is 11.2 Å². The maximum Gasteiger partial charge on any atom is 0.219 e. The van der Waals surface area contributed by atoms with Crippen LogP contribution in [0, 0.1) is 5.92 Å². The SMILES string of the molecule is COc1ccccc1-c1cccc(CC2CCN(C(C)=O)CC2)n1. The van der Waals surface area contributed by atoms with Gasteiger partial charge < -0.3 is 9.64 Å². The number of carbonyl (C=O) groups is 1. The van der Waals surface area contributed by atoms with E-state index >= 15 is 0 Å². The molecule has 0 aliphatic carbocycles. The van der Waals surface area contributed by atoms with Crippen LogP contribution in [-0.4, -0.2) is 36.0 Å². The summed E-state index contributed by atoms with van der Waals surface area (Å²) >= 11 is 0. The summed E-state index contributed by atoms with van der Waals surface area (Å²) in [7, 11) is 1.69. The molecule has 126 valence electrons. The zero-order valence-corrected chi connectivity index (χ0v) is 14.4. The van der Waals surface area contributed by atoms with Crippen molar-refractivity contribution in [2.75, 3.05) is 20.2 Å². The zero-order chi connectivity index (χ0) is 16.9. The van der Waals surface area contributed by atoms with Gasteiger partial charge in [0.25, 0.3) is 0 Å². The summed E-state index contributed by atoms with van der Waals surface area (Å²) in [5.41, 5.74) is 3.08. The van der Waals surface area contributed by atoms with Gasteiger partial charge in [-0.05, 0) is 49.4 Å². The fourth-order valence-corrected chi connectivity index (χ4v) is 3.35. The Balaban J connectivity index is 1.71. The van der Waals surface area contributed by atoms with Crippen LogP contribution < -0.4 is 4.74 Å². The van der Waals surface area contributed by atoms with Crippen molar-refractivity contribution in [3.8, 4) is 17.0 Å². The number of nitrogens with zero attached hydrogens (tertiary/aromatic N) is 2. The van der Waals surface area contributed by atoms with E-state index in [2.05, 4.69) is 12.1 Å². The molecule has 0 bridgehead atoms. The van der Waals surface area contributed by atoms with Crippen molar-refractivity contribution in [3.63, 3.8) is 0 Å². The molecule has 0 atom stereocenters. The van der Waals surface area contributed by atoms with E-state index in [0.717, 1.165) is 55.1 Å². The van der Waals surface area contributed by atoms with Crippen LogP contribution in [0.15, 0.2) is 42.5 Å². The van der Waals surface area contributed by atoms with E-state index in [1.165, 1.54) is 0 Å². The molecule has 1 fully saturated rings. The Morgan fingerprint density at radius 3 is 2.62 bits per heavy atom. The summed E-state index contributed by atoms with van der Waals surface area (Å²) in [6, 6.07) is 14.2. The van der Waals surface area contributed by atoms with Crippen LogP contribution in [0.4, 0.5) is 0 Å².